The Morgan fingerprint density at radius 1 is 1.59 bits per heavy atom. The predicted molar refractivity (Wildman–Crippen MR) is 62.5 cm³/mol. The van der Waals surface area contributed by atoms with Gasteiger partial charge in [0.2, 0.25) is 0 Å². The lowest BCUT2D eigenvalue weighted by atomic mass is 10.0. The number of ether oxygens (including phenoxy) is 1. The third-order valence-electron chi connectivity index (χ3n) is 2.39. The molecule has 17 heavy (non-hydrogen) atoms. The van der Waals surface area contributed by atoms with Crippen LogP contribution in [0.1, 0.15) is 27.2 Å². The van der Waals surface area contributed by atoms with Crippen LogP contribution in [-0.2, 0) is 9.53 Å². The number of alkyl carbamates (subject to hydrolysis) is 1. The Balaban J connectivity index is 2.39. The average Bonchev–Trinajstić information content (AvgIpc) is 2.53. The average molecular weight is 241 g/mol. The standard InChI is InChI=1S/C12H19NO4/c1-12(2,3)17-11(16)13-6-8-4-10(15)5-9(8)7-14/h5,8,14H,4,6-7H2,1-3H3,(H,13,16). The van der Waals surface area contributed by atoms with E-state index in [4.69, 9.17) is 9.84 Å². The van der Waals surface area contributed by atoms with Crippen molar-refractivity contribution in [3.63, 3.8) is 0 Å². The molecule has 1 atom stereocenters. The lowest BCUT2D eigenvalue weighted by Crippen LogP contribution is -2.35. The molecule has 96 valence electrons. The van der Waals surface area contributed by atoms with Gasteiger partial charge < -0.3 is 15.2 Å². The van der Waals surface area contributed by atoms with Crippen molar-refractivity contribution in [1.82, 2.24) is 5.32 Å². The second-order valence-electron chi connectivity index (χ2n) is 5.13. The highest BCUT2D eigenvalue weighted by Gasteiger charge is 2.25. The topological polar surface area (TPSA) is 75.6 Å². The van der Waals surface area contributed by atoms with Crippen LogP contribution >= 0.6 is 0 Å². The molecule has 0 radical (unpaired) electrons. The molecule has 1 rings (SSSR count). The van der Waals surface area contributed by atoms with Gasteiger partial charge in [0, 0.05) is 18.9 Å². The molecule has 1 unspecified atom stereocenters. The van der Waals surface area contributed by atoms with Crippen molar-refractivity contribution in [2.45, 2.75) is 32.8 Å². The molecule has 0 bridgehead atoms. The van der Waals surface area contributed by atoms with Crippen molar-refractivity contribution in [3.8, 4) is 0 Å². The first-order valence-corrected chi connectivity index (χ1v) is 5.63. The number of nitrogens with one attached hydrogen (secondary N) is 1. The van der Waals surface area contributed by atoms with Crippen LogP contribution in [0.5, 0.6) is 0 Å². The van der Waals surface area contributed by atoms with Crippen LogP contribution in [0.4, 0.5) is 4.79 Å². The second kappa shape index (κ2) is 5.31. The lowest BCUT2D eigenvalue weighted by Gasteiger charge is -2.21. The highest BCUT2D eigenvalue weighted by molar-refractivity contribution is 5.93. The molecule has 0 spiro atoms. The molecule has 0 aromatic heterocycles. The molecular formula is C12H19NO4. The maximum Gasteiger partial charge on any atom is 0.407 e. The van der Waals surface area contributed by atoms with Gasteiger partial charge in [0.25, 0.3) is 0 Å². The second-order valence-corrected chi connectivity index (χ2v) is 5.13. The van der Waals surface area contributed by atoms with Gasteiger partial charge in [0.05, 0.1) is 6.61 Å². The van der Waals surface area contributed by atoms with Gasteiger partial charge >= 0.3 is 6.09 Å². The number of hydrogen-bond donors (Lipinski definition) is 2. The van der Waals surface area contributed by atoms with Crippen molar-refractivity contribution in [1.29, 1.82) is 0 Å². The fourth-order valence-corrected chi connectivity index (χ4v) is 1.66. The Labute approximate surface area is 101 Å². The summed E-state index contributed by atoms with van der Waals surface area (Å²) in [4.78, 5) is 22.6. The van der Waals surface area contributed by atoms with Crippen molar-refractivity contribution in [2.75, 3.05) is 13.2 Å². The van der Waals surface area contributed by atoms with Gasteiger partial charge in [-0.25, -0.2) is 4.79 Å². The Morgan fingerprint density at radius 2 is 2.24 bits per heavy atom. The van der Waals surface area contributed by atoms with E-state index >= 15 is 0 Å². The third kappa shape index (κ3) is 4.56. The van der Waals surface area contributed by atoms with Crippen molar-refractivity contribution < 1.29 is 19.4 Å². The zero-order valence-electron chi connectivity index (χ0n) is 10.4. The minimum atomic E-state index is -0.536. The molecule has 1 amide bonds. The van der Waals surface area contributed by atoms with E-state index in [-0.39, 0.29) is 18.3 Å². The number of allylic oxidation sites excluding steroid dienone is 1. The molecule has 0 saturated carbocycles. The molecule has 5 heteroatoms. The number of amides is 1. The smallest absolute Gasteiger partial charge is 0.407 e. The van der Waals surface area contributed by atoms with Crippen molar-refractivity contribution in [3.05, 3.63) is 11.6 Å². The number of aliphatic hydroxyl groups is 1. The monoisotopic (exact) mass is 241 g/mol. The van der Waals surface area contributed by atoms with Crippen LogP contribution in [-0.4, -0.2) is 35.7 Å². The third-order valence-corrected chi connectivity index (χ3v) is 2.39. The summed E-state index contributed by atoms with van der Waals surface area (Å²) in [6.07, 6.45) is 1.28. The Morgan fingerprint density at radius 3 is 2.76 bits per heavy atom. The summed E-state index contributed by atoms with van der Waals surface area (Å²) in [5.74, 6) is -0.120. The number of aliphatic hydroxyl groups excluding tert-OH is 1. The fourth-order valence-electron chi connectivity index (χ4n) is 1.66. The Kier molecular flexibility index (Phi) is 4.28. The Hall–Kier alpha value is -1.36. The van der Waals surface area contributed by atoms with Gasteiger partial charge in [-0.1, -0.05) is 0 Å². The van der Waals surface area contributed by atoms with Crippen molar-refractivity contribution >= 4 is 11.9 Å². The minimum absolute atomic E-state index is 0.00922. The van der Waals surface area contributed by atoms with E-state index in [1.54, 1.807) is 20.8 Å². The molecule has 0 heterocycles. The molecule has 1 aliphatic carbocycles. The van der Waals surface area contributed by atoms with Gasteiger partial charge in [-0.05, 0) is 32.4 Å². The maximum atomic E-state index is 11.4. The van der Waals surface area contributed by atoms with Crippen LogP contribution in [0.25, 0.3) is 0 Å². The molecule has 0 fully saturated rings. The summed E-state index contributed by atoms with van der Waals surface area (Å²) < 4.78 is 5.08. The normalized spacial score (nSPS) is 20.1. The molecule has 5 nitrogen and oxygen atoms in total. The van der Waals surface area contributed by atoms with E-state index < -0.39 is 11.7 Å². The zero-order chi connectivity index (χ0) is 13.1. The summed E-state index contributed by atoms with van der Waals surface area (Å²) >= 11 is 0. The van der Waals surface area contributed by atoms with Gasteiger partial charge in [0.1, 0.15) is 5.60 Å². The number of carbonyl (C=O) groups excluding carboxylic acids is 2. The van der Waals surface area contributed by atoms with Crippen molar-refractivity contribution in [2.24, 2.45) is 5.92 Å². The van der Waals surface area contributed by atoms with E-state index in [1.807, 2.05) is 0 Å². The molecule has 1 aliphatic rings. The van der Waals surface area contributed by atoms with E-state index in [2.05, 4.69) is 5.32 Å². The molecule has 2 N–H and O–H groups in total. The highest BCUT2D eigenvalue weighted by atomic mass is 16.6. The minimum Gasteiger partial charge on any atom is -0.444 e. The highest BCUT2D eigenvalue weighted by Crippen LogP contribution is 2.22. The summed E-state index contributed by atoms with van der Waals surface area (Å²) in [5.41, 5.74) is 0.136. The summed E-state index contributed by atoms with van der Waals surface area (Å²) in [6.45, 7) is 5.51. The van der Waals surface area contributed by atoms with Crippen LogP contribution in [0.2, 0.25) is 0 Å². The van der Waals surface area contributed by atoms with Gasteiger partial charge in [0.15, 0.2) is 5.78 Å². The van der Waals surface area contributed by atoms with E-state index in [1.165, 1.54) is 6.08 Å². The van der Waals surface area contributed by atoms with E-state index in [9.17, 15) is 9.59 Å². The fraction of sp³-hybridized carbons (Fsp3) is 0.667. The van der Waals surface area contributed by atoms with E-state index in [0.29, 0.717) is 18.5 Å². The van der Waals surface area contributed by atoms with Gasteiger partial charge in [-0.2, -0.15) is 0 Å². The predicted octanol–water partition coefficient (Wildman–Crippen LogP) is 1.02. The number of ketones is 1. The molecule has 0 aromatic carbocycles. The first-order chi connectivity index (χ1) is 7.81. The van der Waals surface area contributed by atoms with Crippen LogP contribution in [0.15, 0.2) is 11.6 Å². The van der Waals surface area contributed by atoms with Crippen LogP contribution in [0, 0.1) is 5.92 Å². The van der Waals surface area contributed by atoms with E-state index in [0.717, 1.165) is 0 Å². The Bertz CT molecular complexity index is 341. The molecular weight excluding hydrogens is 222 g/mol. The van der Waals surface area contributed by atoms with Crippen LogP contribution in [0.3, 0.4) is 0 Å². The maximum absolute atomic E-state index is 11.4. The number of carbonyl (C=O) groups is 2. The van der Waals surface area contributed by atoms with Gasteiger partial charge in [-0.15, -0.1) is 0 Å². The molecule has 0 saturated heterocycles. The van der Waals surface area contributed by atoms with Gasteiger partial charge in [-0.3, -0.25) is 4.79 Å². The first-order valence-electron chi connectivity index (χ1n) is 5.63. The lowest BCUT2D eigenvalue weighted by molar-refractivity contribution is -0.114. The SMILES string of the molecule is CC(C)(C)OC(=O)NCC1CC(=O)C=C1CO. The molecule has 0 aromatic rings. The molecule has 0 aliphatic heterocycles. The largest absolute Gasteiger partial charge is 0.444 e. The number of rotatable bonds is 3. The summed E-state index contributed by atoms with van der Waals surface area (Å²) in [7, 11) is 0. The zero-order valence-corrected chi connectivity index (χ0v) is 10.4. The summed E-state index contributed by atoms with van der Waals surface area (Å²) in [5, 5.41) is 11.6. The first kappa shape index (κ1) is 13.7. The number of hydrogen-bond acceptors (Lipinski definition) is 4. The summed E-state index contributed by atoms with van der Waals surface area (Å²) in [6, 6.07) is 0. The quantitative estimate of drug-likeness (QED) is 0.773. The van der Waals surface area contributed by atoms with Crippen LogP contribution < -0.4 is 5.32 Å².